The second kappa shape index (κ2) is 6.99. The largest absolute Gasteiger partial charge is 0.398 e. The van der Waals surface area contributed by atoms with Crippen molar-refractivity contribution in [3.05, 3.63) is 24.0 Å². The van der Waals surface area contributed by atoms with Gasteiger partial charge in [0.15, 0.2) is 0 Å². The van der Waals surface area contributed by atoms with Gasteiger partial charge < -0.3 is 11.1 Å². The third-order valence-corrected chi connectivity index (χ3v) is 4.11. The summed E-state index contributed by atoms with van der Waals surface area (Å²) in [5, 5.41) is 3.45. The van der Waals surface area contributed by atoms with Crippen LogP contribution in [-0.2, 0) is 15.6 Å². The number of hydrogen-bond acceptors (Lipinski definition) is 4. The van der Waals surface area contributed by atoms with Crippen LogP contribution in [0, 0.1) is 5.82 Å². The van der Waals surface area contributed by atoms with Gasteiger partial charge in [-0.1, -0.05) is 0 Å². The van der Waals surface area contributed by atoms with Gasteiger partial charge in [0.2, 0.25) is 5.91 Å². The molecule has 8 heteroatoms. The standard InChI is InChI=1S/C12H16FN3O3S/c1-3-15-12(18)16-11(17)7(2)20(19)10-5-4-8(13)6-9(10)14/h4-7H,3,14H2,1-2H3,(H2,15,16,17,18). The molecule has 110 valence electrons. The van der Waals surface area contributed by atoms with Gasteiger partial charge in [0.05, 0.1) is 21.4 Å². The number of anilines is 1. The Balaban J connectivity index is 2.80. The van der Waals surface area contributed by atoms with Crippen molar-refractivity contribution in [2.45, 2.75) is 24.0 Å². The maximum absolute atomic E-state index is 12.9. The van der Waals surface area contributed by atoms with Gasteiger partial charge in [0, 0.05) is 6.54 Å². The Hall–Kier alpha value is -1.96. The van der Waals surface area contributed by atoms with Crippen LogP contribution in [0.4, 0.5) is 14.9 Å². The number of halogens is 1. The molecular weight excluding hydrogens is 285 g/mol. The van der Waals surface area contributed by atoms with Gasteiger partial charge in [-0.2, -0.15) is 0 Å². The van der Waals surface area contributed by atoms with Crippen LogP contribution in [0.3, 0.4) is 0 Å². The van der Waals surface area contributed by atoms with E-state index in [9.17, 15) is 18.2 Å². The van der Waals surface area contributed by atoms with E-state index >= 15 is 0 Å². The molecule has 0 heterocycles. The first-order valence-corrected chi connectivity index (χ1v) is 7.12. The van der Waals surface area contributed by atoms with Crippen molar-refractivity contribution in [2.24, 2.45) is 0 Å². The summed E-state index contributed by atoms with van der Waals surface area (Å²) in [7, 11) is -1.78. The van der Waals surface area contributed by atoms with E-state index in [2.05, 4.69) is 10.6 Å². The molecule has 0 radical (unpaired) electrons. The van der Waals surface area contributed by atoms with Gasteiger partial charge in [0.1, 0.15) is 11.1 Å². The lowest BCUT2D eigenvalue weighted by molar-refractivity contribution is -0.119. The molecule has 20 heavy (non-hydrogen) atoms. The molecule has 0 bridgehead atoms. The molecule has 1 aromatic carbocycles. The molecular formula is C12H16FN3O3S. The van der Waals surface area contributed by atoms with E-state index in [4.69, 9.17) is 5.73 Å². The number of hydrogen-bond donors (Lipinski definition) is 3. The quantitative estimate of drug-likeness (QED) is 0.714. The zero-order chi connectivity index (χ0) is 15.3. The van der Waals surface area contributed by atoms with Crippen LogP contribution in [0.15, 0.2) is 23.1 Å². The maximum atomic E-state index is 12.9. The second-order valence-electron chi connectivity index (χ2n) is 3.97. The number of amides is 3. The highest BCUT2D eigenvalue weighted by Crippen LogP contribution is 2.20. The average Bonchev–Trinajstić information content (AvgIpc) is 2.37. The molecule has 0 saturated heterocycles. The molecule has 0 spiro atoms. The minimum Gasteiger partial charge on any atom is -0.398 e. The predicted octanol–water partition coefficient (Wildman–Crippen LogP) is 0.750. The Bertz CT molecular complexity index is 551. The highest BCUT2D eigenvalue weighted by Gasteiger charge is 2.24. The number of benzene rings is 1. The third kappa shape index (κ3) is 4.02. The van der Waals surface area contributed by atoms with Gasteiger partial charge in [-0.15, -0.1) is 0 Å². The van der Waals surface area contributed by atoms with Crippen molar-refractivity contribution in [3.8, 4) is 0 Å². The average molecular weight is 301 g/mol. The summed E-state index contributed by atoms with van der Waals surface area (Å²) in [6.45, 7) is 3.46. The van der Waals surface area contributed by atoms with Crippen LogP contribution in [0.25, 0.3) is 0 Å². The van der Waals surface area contributed by atoms with Gasteiger partial charge in [-0.05, 0) is 32.0 Å². The lowest BCUT2D eigenvalue weighted by Crippen LogP contribution is -2.44. The minimum atomic E-state index is -1.78. The van der Waals surface area contributed by atoms with Crippen LogP contribution in [0.5, 0.6) is 0 Å². The van der Waals surface area contributed by atoms with E-state index < -0.39 is 33.8 Å². The number of imide groups is 1. The molecule has 2 unspecified atom stereocenters. The smallest absolute Gasteiger partial charge is 0.321 e. The summed E-state index contributed by atoms with van der Waals surface area (Å²) >= 11 is 0. The molecule has 2 atom stereocenters. The Morgan fingerprint density at radius 1 is 1.45 bits per heavy atom. The molecule has 0 aliphatic carbocycles. The number of nitrogen functional groups attached to an aromatic ring is 1. The normalized spacial score (nSPS) is 13.3. The Morgan fingerprint density at radius 2 is 2.10 bits per heavy atom. The van der Waals surface area contributed by atoms with Crippen LogP contribution in [-0.4, -0.2) is 27.9 Å². The summed E-state index contributed by atoms with van der Waals surface area (Å²) in [5.74, 6) is -1.25. The SMILES string of the molecule is CCNC(=O)NC(=O)C(C)S(=O)c1ccc(F)cc1N. The van der Waals surface area contributed by atoms with Gasteiger partial charge in [0.25, 0.3) is 0 Å². The van der Waals surface area contributed by atoms with Gasteiger partial charge >= 0.3 is 6.03 Å². The van der Waals surface area contributed by atoms with Crippen LogP contribution in [0.1, 0.15) is 13.8 Å². The number of nitrogens with two attached hydrogens (primary N) is 1. The van der Waals surface area contributed by atoms with E-state index in [1.54, 1.807) is 6.92 Å². The molecule has 3 amide bonds. The number of carbonyl (C=O) groups excluding carboxylic acids is 2. The van der Waals surface area contributed by atoms with E-state index in [1.807, 2.05) is 0 Å². The number of urea groups is 1. The predicted molar refractivity (Wildman–Crippen MR) is 73.9 cm³/mol. The molecule has 0 aliphatic heterocycles. The van der Waals surface area contributed by atoms with Crippen LogP contribution in [0.2, 0.25) is 0 Å². The molecule has 0 fully saturated rings. The highest BCUT2D eigenvalue weighted by atomic mass is 32.2. The fourth-order valence-corrected chi connectivity index (χ4v) is 2.54. The van der Waals surface area contributed by atoms with Crippen molar-refractivity contribution in [2.75, 3.05) is 12.3 Å². The van der Waals surface area contributed by atoms with Crippen molar-refractivity contribution in [1.29, 1.82) is 0 Å². The van der Waals surface area contributed by atoms with Crippen molar-refractivity contribution < 1.29 is 18.2 Å². The number of rotatable bonds is 4. The minimum absolute atomic E-state index is 0.000919. The fraction of sp³-hybridized carbons (Fsp3) is 0.333. The summed E-state index contributed by atoms with van der Waals surface area (Å²) in [6.07, 6.45) is 0. The van der Waals surface area contributed by atoms with Gasteiger partial charge in [-0.3, -0.25) is 14.3 Å². The van der Waals surface area contributed by atoms with Crippen molar-refractivity contribution >= 4 is 28.4 Å². The third-order valence-electron chi connectivity index (χ3n) is 2.45. The molecule has 1 aromatic rings. The van der Waals surface area contributed by atoms with Gasteiger partial charge in [-0.25, -0.2) is 9.18 Å². The Morgan fingerprint density at radius 3 is 2.65 bits per heavy atom. The molecule has 4 N–H and O–H groups in total. The molecule has 6 nitrogen and oxygen atoms in total. The summed E-state index contributed by atoms with van der Waals surface area (Å²) in [4.78, 5) is 23.1. The van der Waals surface area contributed by atoms with E-state index in [0.29, 0.717) is 6.54 Å². The molecule has 1 rings (SSSR count). The van der Waals surface area contributed by atoms with E-state index in [1.165, 1.54) is 13.0 Å². The van der Waals surface area contributed by atoms with E-state index in [0.717, 1.165) is 12.1 Å². The summed E-state index contributed by atoms with van der Waals surface area (Å²) in [6, 6.07) is 2.74. The maximum Gasteiger partial charge on any atom is 0.321 e. The Kier molecular flexibility index (Phi) is 5.63. The molecule has 0 aromatic heterocycles. The fourth-order valence-electron chi connectivity index (χ4n) is 1.41. The number of carbonyl (C=O) groups is 2. The lowest BCUT2D eigenvalue weighted by atomic mass is 10.3. The van der Waals surface area contributed by atoms with Crippen LogP contribution >= 0.6 is 0 Å². The molecule has 0 aliphatic rings. The van der Waals surface area contributed by atoms with Crippen molar-refractivity contribution in [1.82, 2.24) is 10.6 Å². The monoisotopic (exact) mass is 301 g/mol. The lowest BCUT2D eigenvalue weighted by Gasteiger charge is -2.13. The first-order valence-electron chi connectivity index (χ1n) is 5.91. The topological polar surface area (TPSA) is 101 Å². The molecule has 0 saturated carbocycles. The Labute approximate surface area is 118 Å². The van der Waals surface area contributed by atoms with Crippen molar-refractivity contribution in [3.63, 3.8) is 0 Å². The number of nitrogens with one attached hydrogen (secondary N) is 2. The summed E-state index contributed by atoms with van der Waals surface area (Å²) in [5.41, 5.74) is 5.57. The first-order chi connectivity index (χ1) is 9.36. The summed E-state index contributed by atoms with van der Waals surface area (Å²) < 4.78 is 25.1. The zero-order valence-corrected chi connectivity index (χ0v) is 11.9. The second-order valence-corrected chi connectivity index (χ2v) is 5.71. The highest BCUT2D eigenvalue weighted by molar-refractivity contribution is 7.86. The first kappa shape index (κ1) is 16.1. The zero-order valence-electron chi connectivity index (χ0n) is 11.1. The van der Waals surface area contributed by atoms with Crippen LogP contribution < -0.4 is 16.4 Å². The van der Waals surface area contributed by atoms with E-state index in [-0.39, 0.29) is 10.6 Å².